The number of aryl methyl sites for hydroxylation is 1. The van der Waals surface area contributed by atoms with Crippen LogP contribution in [0.4, 0.5) is 0 Å². The highest BCUT2D eigenvalue weighted by molar-refractivity contribution is 7.26. The van der Waals surface area contributed by atoms with E-state index in [9.17, 15) is 9.59 Å². The third-order valence-electron chi connectivity index (χ3n) is 5.72. The summed E-state index contributed by atoms with van der Waals surface area (Å²) >= 11 is 1.59. The lowest BCUT2D eigenvalue weighted by atomic mass is 9.97. The Morgan fingerprint density at radius 1 is 1.31 bits per heavy atom. The van der Waals surface area contributed by atoms with Crippen molar-refractivity contribution in [2.75, 3.05) is 6.54 Å². The van der Waals surface area contributed by atoms with Crippen molar-refractivity contribution in [2.24, 2.45) is 0 Å². The Balaban J connectivity index is 1.62. The molecule has 2 heterocycles. The minimum absolute atomic E-state index is 0.128. The molecule has 0 aliphatic heterocycles. The number of thiophene rings is 1. The van der Waals surface area contributed by atoms with Crippen molar-refractivity contribution in [3.05, 3.63) is 52.0 Å². The molecule has 0 radical (unpaired) electrons. The van der Waals surface area contributed by atoms with E-state index in [0.717, 1.165) is 39.7 Å². The second-order valence-corrected chi connectivity index (χ2v) is 8.76. The van der Waals surface area contributed by atoms with Crippen molar-refractivity contribution in [1.29, 1.82) is 0 Å². The van der Waals surface area contributed by atoms with Gasteiger partial charge in [-0.25, -0.2) is 4.68 Å². The first kappa shape index (κ1) is 19.8. The quantitative estimate of drug-likeness (QED) is 0.590. The van der Waals surface area contributed by atoms with Gasteiger partial charge in [-0.1, -0.05) is 36.8 Å². The molecular weight excluding hydrogens is 382 g/mol. The van der Waals surface area contributed by atoms with Crippen LogP contribution in [0, 0.1) is 6.92 Å². The zero-order valence-corrected chi connectivity index (χ0v) is 17.8. The number of carbonyl (C=O) groups is 1. The molecule has 1 aliphatic carbocycles. The molecule has 6 heteroatoms. The standard InChI is InChI=1S/C23H27N3O2S/c1-3-18(22(27)24-14-13-16-9-5-4-6-10-16)26-23(28)20-17-11-7-8-12-19(17)29-21(20)15(2)25-26/h7-9,11-12,18H,3-6,10,13-14H2,1-2H3,(H,24,27)/t18-/m0/s1. The van der Waals surface area contributed by atoms with Crippen LogP contribution < -0.4 is 10.9 Å². The van der Waals surface area contributed by atoms with Crippen molar-refractivity contribution in [1.82, 2.24) is 15.1 Å². The summed E-state index contributed by atoms with van der Waals surface area (Å²) in [5, 5.41) is 9.18. The van der Waals surface area contributed by atoms with Crippen LogP contribution in [0.15, 0.2) is 40.7 Å². The predicted octanol–water partition coefficient (Wildman–Crippen LogP) is 4.88. The van der Waals surface area contributed by atoms with Gasteiger partial charge in [0.05, 0.1) is 15.8 Å². The molecule has 0 saturated carbocycles. The number of hydrogen-bond acceptors (Lipinski definition) is 4. The number of nitrogens with zero attached hydrogens (tertiary/aromatic N) is 2. The molecule has 4 rings (SSSR count). The van der Waals surface area contributed by atoms with Gasteiger partial charge >= 0.3 is 0 Å². The highest BCUT2D eigenvalue weighted by Crippen LogP contribution is 2.33. The highest BCUT2D eigenvalue weighted by atomic mass is 32.1. The van der Waals surface area contributed by atoms with E-state index >= 15 is 0 Å². The Kier molecular flexibility index (Phi) is 5.81. The average Bonchev–Trinajstić information content (AvgIpc) is 3.13. The molecule has 2 aromatic heterocycles. The lowest BCUT2D eigenvalue weighted by Crippen LogP contribution is -2.39. The first-order valence-electron chi connectivity index (χ1n) is 10.5. The van der Waals surface area contributed by atoms with Gasteiger partial charge in [-0.05, 0) is 51.5 Å². The van der Waals surface area contributed by atoms with Gasteiger partial charge in [0, 0.05) is 16.6 Å². The smallest absolute Gasteiger partial charge is 0.276 e. The van der Waals surface area contributed by atoms with Crippen LogP contribution in [0.5, 0.6) is 0 Å². The van der Waals surface area contributed by atoms with Crippen molar-refractivity contribution < 1.29 is 4.79 Å². The molecule has 0 fully saturated rings. The van der Waals surface area contributed by atoms with Gasteiger partial charge in [-0.3, -0.25) is 9.59 Å². The fourth-order valence-electron chi connectivity index (χ4n) is 4.16. The maximum atomic E-state index is 13.3. The number of amides is 1. The fourth-order valence-corrected chi connectivity index (χ4v) is 5.29. The number of aromatic nitrogens is 2. The lowest BCUT2D eigenvalue weighted by molar-refractivity contribution is -0.124. The maximum absolute atomic E-state index is 13.3. The summed E-state index contributed by atoms with van der Waals surface area (Å²) in [7, 11) is 0. The molecule has 152 valence electrons. The van der Waals surface area contributed by atoms with Crippen LogP contribution in [0.2, 0.25) is 0 Å². The molecule has 0 spiro atoms. The summed E-state index contributed by atoms with van der Waals surface area (Å²) in [5.74, 6) is -0.128. The minimum Gasteiger partial charge on any atom is -0.354 e. The van der Waals surface area contributed by atoms with Gasteiger partial charge in [0.25, 0.3) is 5.56 Å². The molecule has 1 amide bonds. The second kappa shape index (κ2) is 8.49. The molecule has 1 aliphatic rings. The van der Waals surface area contributed by atoms with Crippen molar-refractivity contribution in [2.45, 2.75) is 58.4 Å². The van der Waals surface area contributed by atoms with Crippen LogP contribution in [0.3, 0.4) is 0 Å². The summed E-state index contributed by atoms with van der Waals surface area (Å²) in [6, 6.07) is 7.32. The molecule has 0 bridgehead atoms. The first-order valence-corrected chi connectivity index (χ1v) is 11.3. The Bertz CT molecular complexity index is 1140. The van der Waals surface area contributed by atoms with Gasteiger partial charge in [-0.2, -0.15) is 5.10 Å². The number of carbonyl (C=O) groups excluding carboxylic acids is 1. The maximum Gasteiger partial charge on any atom is 0.276 e. The van der Waals surface area contributed by atoms with Gasteiger partial charge < -0.3 is 5.32 Å². The summed E-state index contributed by atoms with van der Waals surface area (Å²) in [4.78, 5) is 26.2. The largest absolute Gasteiger partial charge is 0.354 e. The van der Waals surface area contributed by atoms with Crippen molar-refractivity contribution >= 4 is 37.4 Å². The number of benzene rings is 1. The van der Waals surface area contributed by atoms with E-state index in [4.69, 9.17) is 0 Å². The molecule has 3 aromatic rings. The van der Waals surface area contributed by atoms with Crippen LogP contribution in [-0.4, -0.2) is 22.2 Å². The molecule has 0 unspecified atom stereocenters. The topological polar surface area (TPSA) is 64.0 Å². The summed E-state index contributed by atoms with van der Waals surface area (Å²) < 4.78 is 3.37. The number of fused-ring (bicyclic) bond motifs is 3. The van der Waals surface area contributed by atoms with Crippen LogP contribution in [0.1, 0.15) is 57.2 Å². The molecule has 1 N–H and O–H groups in total. The van der Waals surface area contributed by atoms with Gasteiger partial charge in [0.2, 0.25) is 5.91 Å². The summed E-state index contributed by atoms with van der Waals surface area (Å²) in [6.45, 7) is 4.44. The van der Waals surface area contributed by atoms with Gasteiger partial charge in [0.15, 0.2) is 0 Å². The van der Waals surface area contributed by atoms with E-state index in [0.29, 0.717) is 18.4 Å². The molecule has 0 saturated heterocycles. The van der Waals surface area contributed by atoms with E-state index in [1.807, 2.05) is 38.1 Å². The van der Waals surface area contributed by atoms with Crippen LogP contribution in [-0.2, 0) is 4.79 Å². The second-order valence-electron chi connectivity index (χ2n) is 7.71. The van der Waals surface area contributed by atoms with Crippen LogP contribution in [0.25, 0.3) is 20.2 Å². The van der Waals surface area contributed by atoms with E-state index in [1.165, 1.54) is 23.1 Å². The molecule has 1 aromatic carbocycles. The van der Waals surface area contributed by atoms with Crippen molar-refractivity contribution in [3.63, 3.8) is 0 Å². The zero-order chi connectivity index (χ0) is 20.4. The van der Waals surface area contributed by atoms with Crippen LogP contribution >= 0.6 is 11.3 Å². The number of allylic oxidation sites excluding steroid dienone is 1. The van der Waals surface area contributed by atoms with E-state index in [-0.39, 0.29) is 11.5 Å². The normalized spacial score (nSPS) is 15.4. The van der Waals surface area contributed by atoms with Gasteiger partial charge in [0.1, 0.15) is 6.04 Å². The third kappa shape index (κ3) is 3.86. The SMILES string of the molecule is CC[C@@H](C(=O)NCCC1=CCCCC1)n1nc(C)c2sc3ccccc3c2c1=O. The van der Waals surface area contributed by atoms with E-state index in [1.54, 1.807) is 11.3 Å². The highest BCUT2D eigenvalue weighted by Gasteiger charge is 2.24. The third-order valence-corrected chi connectivity index (χ3v) is 7.00. The average molecular weight is 410 g/mol. The predicted molar refractivity (Wildman–Crippen MR) is 120 cm³/mol. The summed E-state index contributed by atoms with van der Waals surface area (Å²) in [6.07, 6.45) is 8.50. The lowest BCUT2D eigenvalue weighted by Gasteiger charge is -2.18. The Hall–Kier alpha value is -2.47. The fraction of sp³-hybridized carbons (Fsp3) is 0.435. The minimum atomic E-state index is -0.593. The Morgan fingerprint density at radius 3 is 2.90 bits per heavy atom. The monoisotopic (exact) mass is 409 g/mol. The molecule has 5 nitrogen and oxygen atoms in total. The van der Waals surface area contributed by atoms with E-state index < -0.39 is 6.04 Å². The first-order chi connectivity index (χ1) is 14.1. The number of nitrogens with one attached hydrogen (secondary N) is 1. The van der Waals surface area contributed by atoms with Crippen molar-refractivity contribution in [3.8, 4) is 0 Å². The molecular formula is C23H27N3O2S. The Labute approximate surface area is 174 Å². The number of rotatable bonds is 6. The summed E-state index contributed by atoms with van der Waals surface area (Å²) in [5.41, 5.74) is 2.04. The van der Waals surface area contributed by atoms with E-state index in [2.05, 4.69) is 16.5 Å². The van der Waals surface area contributed by atoms with Gasteiger partial charge in [-0.15, -0.1) is 11.3 Å². The molecule has 29 heavy (non-hydrogen) atoms. The zero-order valence-electron chi connectivity index (χ0n) is 17.0. The Morgan fingerprint density at radius 2 is 2.14 bits per heavy atom. The molecule has 1 atom stereocenters. The number of hydrogen-bond donors (Lipinski definition) is 1.